The molecule has 0 bridgehead atoms. The van der Waals surface area contributed by atoms with E-state index < -0.39 is 0 Å². The summed E-state index contributed by atoms with van der Waals surface area (Å²) in [5.41, 5.74) is 1.65. The largest absolute Gasteiger partial charge is 0.380 e. The van der Waals surface area contributed by atoms with Crippen LogP contribution >= 0.6 is 0 Å². The van der Waals surface area contributed by atoms with Crippen LogP contribution in [0.2, 0.25) is 0 Å². The van der Waals surface area contributed by atoms with Gasteiger partial charge in [0.15, 0.2) is 0 Å². The molecule has 1 aliphatic heterocycles. The van der Waals surface area contributed by atoms with Crippen LogP contribution in [0.5, 0.6) is 0 Å². The van der Waals surface area contributed by atoms with Crippen molar-refractivity contribution < 1.29 is 9.53 Å². The van der Waals surface area contributed by atoms with Gasteiger partial charge in [0.2, 0.25) is 5.91 Å². The van der Waals surface area contributed by atoms with Crippen LogP contribution in [0.25, 0.3) is 0 Å². The van der Waals surface area contributed by atoms with E-state index in [2.05, 4.69) is 17.6 Å². The molecule has 110 valence electrons. The highest BCUT2D eigenvalue weighted by atomic mass is 16.5. The minimum absolute atomic E-state index is 0.127. The van der Waals surface area contributed by atoms with E-state index in [0.29, 0.717) is 6.61 Å². The van der Waals surface area contributed by atoms with Crippen molar-refractivity contribution in [2.75, 3.05) is 25.5 Å². The second kappa shape index (κ2) is 6.86. The molecular formula is C16H24N2O2. The van der Waals surface area contributed by atoms with Gasteiger partial charge in [-0.05, 0) is 43.5 Å². The number of rotatable bonds is 5. The van der Waals surface area contributed by atoms with E-state index in [1.54, 1.807) is 7.11 Å². The first kappa shape index (κ1) is 15.0. The number of piperidine rings is 1. The molecule has 2 rings (SSSR count). The fraction of sp³-hybridized carbons (Fsp3) is 0.562. The number of hydrogen-bond acceptors (Lipinski definition) is 3. The molecule has 1 heterocycles. The minimum atomic E-state index is -0.268. The zero-order valence-corrected chi connectivity index (χ0v) is 12.4. The number of carbonyl (C=O) groups is 1. The molecule has 1 unspecified atom stereocenters. The molecule has 1 aliphatic rings. The van der Waals surface area contributed by atoms with Gasteiger partial charge in [-0.15, -0.1) is 0 Å². The molecule has 0 saturated carbocycles. The zero-order valence-electron chi connectivity index (χ0n) is 12.4. The molecule has 2 N–H and O–H groups in total. The number of ether oxygens (including phenoxy) is 1. The number of anilines is 1. The first-order valence-corrected chi connectivity index (χ1v) is 7.30. The van der Waals surface area contributed by atoms with Crippen molar-refractivity contribution >= 4 is 11.6 Å². The van der Waals surface area contributed by atoms with Gasteiger partial charge in [-0.1, -0.05) is 19.1 Å². The normalized spacial score (nSPS) is 22.5. The topological polar surface area (TPSA) is 50.4 Å². The smallest absolute Gasteiger partial charge is 0.231 e. The summed E-state index contributed by atoms with van der Waals surface area (Å²) in [6, 6.07) is 7.84. The van der Waals surface area contributed by atoms with Crippen LogP contribution in [0.4, 0.5) is 5.69 Å². The summed E-state index contributed by atoms with van der Waals surface area (Å²) >= 11 is 0. The van der Waals surface area contributed by atoms with Gasteiger partial charge in [-0.2, -0.15) is 0 Å². The lowest BCUT2D eigenvalue weighted by Gasteiger charge is -2.35. The molecule has 1 atom stereocenters. The Kier molecular flexibility index (Phi) is 5.15. The van der Waals surface area contributed by atoms with Gasteiger partial charge in [-0.3, -0.25) is 4.79 Å². The van der Waals surface area contributed by atoms with Gasteiger partial charge in [-0.25, -0.2) is 0 Å². The van der Waals surface area contributed by atoms with Gasteiger partial charge < -0.3 is 15.4 Å². The van der Waals surface area contributed by atoms with Crippen LogP contribution in [0, 0.1) is 5.41 Å². The predicted octanol–water partition coefficient (Wildman–Crippen LogP) is 2.55. The molecule has 1 aromatic rings. The monoisotopic (exact) mass is 276 g/mol. The summed E-state index contributed by atoms with van der Waals surface area (Å²) in [5, 5.41) is 6.41. The third-order valence-electron chi connectivity index (χ3n) is 4.13. The molecule has 0 radical (unpaired) electrons. The summed E-state index contributed by atoms with van der Waals surface area (Å²) < 4.78 is 5.12. The predicted molar refractivity (Wildman–Crippen MR) is 80.6 cm³/mol. The van der Waals surface area contributed by atoms with E-state index in [0.717, 1.165) is 43.6 Å². The maximum atomic E-state index is 12.6. The fourth-order valence-electron chi connectivity index (χ4n) is 2.79. The molecule has 0 spiro atoms. The number of carbonyl (C=O) groups excluding carboxylic acids is 1. The first-order valence-electron chi connectivity index (χ1n) is 7.30. The van der Waals surface area contributed by atoms with E-state index in [9.17, 15) is 4.79 Å². The van der Waals surface area contributed by atoms with Crippen molar-refractivity contribution in [2.24, 2.45) is 5.41 Å². The quantitative estimate of drug-likeness (QED) is 0.869. The Morgan fingerprint density at radius 1 is 1.50 bits per heavy atom. The summed E-state index contributed by atoms with van der Waals surface area (Å²) in [4.78, 5) is 12.6. The maximum Gasteiger partial charge on any atom is 0.231 e. The van der Waals surface area contributed by atoms with Gasteiger partial charge >= 0.3 is 0 Å². The van der Waals surface area contributed by atoms with E-state index in [4.69, 9.17) is 4.74 Å². The Balaban J connectivity index is 2.08. The third-order valence-corrected chi connectivity index (χ3v) is 4.13. The van der Waals surface area contributed by atoms with Crippen molar-refractivity contribution in [3.8, 4) is 0 Å². The number of benzene rings is 1. The second-order valence-corrected chi connectivity index (χ2v) is 5.50. The molecule has 1 aromatic carbocycles. The lowest BCUT2D eigenvalue weighted by molar-refractivity contribution is -0.126. The zero-order chi connectivity index (χ0) is 14.4. The third kappa shape index (κ3) is 3.38. The average molecular weight is 276 g/mol. The minimum Gasteiger partial charge on any atom is -0.380 e. The standard InChI is InChI=1S/C16H24N2O2/c1-3-16(8-5-9-17-12-16)15(19)18-14-7-4-6-13(10-14)11-20-2/h4,6-7,10,17H,3,5,8-9,11-12H2,1-2H3,(H,18,19). The van der Waals surface area contributed by atoms with Gasteiger partial charge in [0.05, 0.1) is 12.0 Å². The number of methoxy groups -OCH3 is 1. The molecule has 1 fully saturated rings. The Morgan fingerprint density at radius 2 is 2.35 bits per heavy atom. The van der Waals surface area contributed by atoms with Crippen molar-refractivity contribution in [3.05, 3.63) is 29.8 Å². The summed E-state index contributed by atoms with van der Waals surface area (Å²) in [5.74, 6) is 0.127. The summed E-state index contributed by atoms with van der Waals surface area (Å²) in [7, 11) is 1.67. The fourth-order valence-corrected chi connectivity index (χ4v) is 2.79. The molecule has 4 nitrogen and oxygen atoms in total. The van der Waals surface area contributed by atoms with Crippen LogP contribution in [-0.2, 0) is 16.1 Å². The van der Waals surface area contributed by atoms with Gasteiger partial charge in [0.25, 0.3) is 0 Å². The molecule has 1 amide bonds. The lowest BCUT2D eigenvalue weighted by Crippen LogP contribution is -2.47. The van der Waals surface area contributed by atoms with E-state index in [1.807, 2.05) is 24.3 Å². The Morgan fingerprint density at radius 3 is 3.00 bits per heavy atom. The number of nitrogens with one attached hydrogen (secondary N) is 2. The van der Waals surface area contributed by atoms with Crippen LogP contribution in [0.15, 0.2) is 24.3 Å². The maximum absolute atomic E-state index is 12.6. The van der Waals surface area contributed by atoms with Crippen molar-refractivity contribution in [1.82, 2.24) is 5.32 Å². The van der Waals surface area contributed by atoms with Crippen molar-refractivity contribution in [3.63, 3.8) is 0 Å². The van der Waals surface area contributed by atoms with E-state index >= 15 is 0 Å². The van der Waals surface area contributed by atoms with Crippen molar-refractivity contribution in [2.45, 2.75) is 32.8 Å². The Labute approximate surface area is 120 Å². The average Bonchev–Trinajstić information content (AvgIpc) is 2.48. The Hall–Kier alpha value is -1.39. The van der Waals surface area contributed by atoms with E-state index in [-0.39, 0.29) is 11.3 Å². The highest BCUT2D eigenvalue weighted by Crippen LogP contribution is 2.31. The molecule has 1 saturated heterocycles. The molecule has 4 heteroatoms. The number of hydrogen-bond donors (Lipinski definition) is 2. The van der Waals surface area contributed by atoms with Crippen LogP contribution < -0.4 is 10.6 Å². The van der Waals surface area contributed by atoms with Crippen LogP contribution in [-0.4, -0.2) is 26.1 Å². The number of amides is 1. The first-order chi connectivity index (χ1) is 9.70. The summed E-state index contributed by atoms with van der Waals surface area (Å²) in [6.07, 6.45) is 2.88. The molecule has 20 heavy (non-hydrogen) atoms. The molecule has 0 aliphatic carbocycles. The van der Waals surface area contributed by atoms with E-state index in [1.165, 1.54) is 0 Å². The SMILES string of the molecule is CCC1(C(=O)Nc2cccc(COC)c2)CCCNC1. The summed E-state index contributed by atoms with van der Waals surface area (Å²) in [6.45, 7) is 4.43. The van der Waals surface area contributed by atoms with Gasteiger partial charge in [0, 0.05) is 19.3 Å². The lowest BCUT2D eigenvalue weighted by atomic mass is 9.77. The van der Waals surface area contributed by atoms with Crippen LogP contribution in [0.1, 0.15) is 31.7 Å². The molecular weight excluding hydrogens is 252 g/mol. The Bertz CT molecular complexity index is 454. The van der Waals surface area contributed by atoms with Crippen LogP contribution in [0.3, 0.4) is 0 Å². The highest BCUT2D eigenvalue weighted by molar-refractivity contribution is 5.95. The molecule has 0 aromatic heterocycles. The highest BCUT2D eigenvalue weighted by Gasteiger charge is 2.37. The van der Waals surface area contributed by atoms with Gasteiger partial charge in [0.1, 0.15) is 0 Å². The second-order valence-electron chi connectivity index (χ2n) is 5.50. The van der Waals surface area contributed by atoms with Crippen molar-refractivity contribution in [1.29, 1.82) is 0 Å².